The molecule has 0 bridgehead atoms. The number of anilines is 2. The van der Waals surface area contributed by atoms with Gasteiger partial charge in [0.15, 0.2) is 0 Å². The summed E-state index contributed by atoms with van der Waals surface area (Å²) < 4.78 is 5.00. The van der Waals surface area contributed by atoms with E-state index in [1.807, 2.05) is 23.1 Å². The predicted molar refractivity (Wildman–Crippen MR) is 105 cm³/mol. The van der Waals surface area contributed by atoms with Crippen LogP contribution in [0.5, 0.6) is 0 Å². The molecule has 3 rings (SSSR count). The fourth-order valence-corrected chi connectivity index (χ4v) is 3.32. The van der Waals surface area contributed by atoms with Crippen molar-refractivity contribution in [2.45, 2.75) is 19.8 Å². The Hall–Kier alpha value is -2.83. The van der Waals surface area contributed by atoms with Crippen LogP contribution in [0.15, 0.2) is 39.9 Å². The van der Waals surface area contributed by atoms with Gasteiger partial charge in [-0.1, -0.05) is 30.3 Å². The number of rotatable bonds is 7. The first-order valence-electron chi connectivity index (χ1n) is 9.39. The van der Waals surface area contributed by atoms with Crippen LogP contribution < -0.4 is 21.1 Å². The second-order valence-electron chi connectivity index (χ2n) is 6.57. The van der Waals surface area contributed by atoms with E-state index in [9.17, 15) is 14.4 Å². The van der Waals surface area contributed by atoms with Gasteiger partial charge >= 0.3 is 6.09 Å². The number of carbonyl (C=O) groups is 1. The largest absolute Gasteiger partial charge is 0.450 e. The summed E-state index contributed by atoms with van der Waals surface area (Å²) >= 11 is 0. The van der Waals surface area contributed by atoms with E-state index in [0.717, 1.165) is 12.8 Å². The molecule has 1 saturated heterocycles. The number of piperazine rings is 1. The molecule has 0 saturated carbocycles. The Labute approximate surface area is 158 Å². The van der Waals surface area contributed by atoms with Crippen LogP contribution in [-0.2, 0) is 11.2 Å². The van der Waals surface area contributed by atoms with Crippen LogP contribution in [0.1, 0.15) is 18.9 Å². The van der Waals surface area contributed by atoms with Crippen molar-refractivity contribution in [2.24, 2.45) is 0 Å². The van der Waals surface area contributed by atoms with Crippen LogP contribution in [0.3, 0.4) is 0 Å². The van der Waals surface area contributed by atoms with Crippen molar-refractivity contribution in [3.63, 3.8) is 0 Å². The van der Waals surface area contributed by atoms with E-state index in [4.69, 9.17) is 4.74 Å². The van der Waals surface area contributed by atoms with Crippen molar-refractivity contribution in [1.29, 1.82) is 0 Å². The lowest BCUT2D eigenvalue weighted by molar-refractivity contribution is 0.105. The quantitative estimate of drug-likeness (QED) is 0.588. The SMILES string of the molecule is CCOC(=O)N1CCN(c2c(NCCCc3ccccc3)c(=O)c2=O)CC1. The highest BCUT2D eigenvalue weighted by molar-refractivity contribution is 5.76. The van der Waals surface area contributed by atoms with Gasteiger partial charge in [0, 0.05) is 32.7 Å². The molecule has 0 unspecified atom stereocenters. The average molecular weight is 371 g/mol. The van der Waals surface area contributed by atoms with E-state index in [1.165, 1.54) is 5.56 Å². The molecule has 1 heterocycles. The van der Waals surface area contributed by atoms with E-state index < -0.39 is 10.9 Å². The lowest BCUT2D eigenvalue weighted by Gasteiger charge is -2.36. The van der Waals surface area contributed by atoms with E-state index in [0.29, 0.717) is 50.7 Å². The summed E-state index contributed by atoms with van der Waals surface area (Å²) in [6.07, 6.45) is 1.46. The second-order valence-corrected chi connectivity index (χ2v) is 6.57. The third-order valence-electron chi connectivity index (χ3n) is 4.79. The van der Waals surface area contributed by atoms with Gasteiger partial charge in [-0.25, -0.2) is 4.79 Å². The monoisotopic (exact) mass is 371 g/mol. The molecule has 0 aliphatic carbocycles. The molecule has 144 valence electrons. The molecule has 27 heavy (non-hydrogen) atoms. The van der Waals surface area contributed by atoms with Gasteiger partial charge in [0.05, 0.1) is 6.61 Å². The lowest BCUT2D eigenvalue weighted by Crippen LogP contribution is -2.53. The van der Waals surface area contributed by atoms with Crippen LogP contribution in [0.2, 0.25) is 0 Å². The topological polar surface area (TPSA) is 79.0 Å². The Morgan fingerprint density at radius 2 is 1.78 bits per heavy atom. The zero-order chi connectivity index (χ0) is 19.2. The molecule has 7 nitrogen and oxygen atoms in total. The number of nitrogens with zero attached hydrogens (tertiary/aromatic N) is 2. The minimum absolute atomic E-state index is 0.332. The number of nitrogens with one attached hydrogen (secondary N) is 1. The Bertz CT molecular complexity index is 835. The van der Waals surface area contributed by atoms with Crippen LogP contribution in [0.4, 0.5) is 16.2 Å². The molecule has 0 atom stereocenters. The minimum atomic E-state index is -0.447. The summed E-state index contributed by atoms with van der Waals surface area (Å²) in [5.74, 6) is 0. The van der Waals surface area contributed by atoms with E-state index in [2.05, 4.69) is 17.4 Å². The normalized spacial score (nSPS) is 14.4. The number of carbonyl (C=O) groups excluding carboxylic acids is 1. The molecule has 1 fully saturated rings. The van der Waals surface area contributed by atoms with Gasteiger partial charge in [0.25, 0.3) is 10.9 Å². The minimum Gasteiger partial charge on any atom is -0.450 e. The fraction of sp³-hybridized carbons (Fsp3) is 0.450. The standard InChI is InChI=1S/C20H25N3O4/c1-2-27-20(26)23-13-11-22(12-14-23)17-16(18(24)19(17)25)21-10-6-9-15-7-4-3-5-8-15/h3-5,7-8,21H,2,6,9-14H2,1H3. The van der Waals surface area contributed by atoms with E-state index >= 15 is 0 Å². The summed E-state index contributed by atoms with van der Waals surface area (Å²) in [4.78, 5) is 39.3. The van der Waals surface area contributed by atoms with Crippen LogP contribution >= 0.6 is 0 Å². The summed E-state index contributed by atoms with van der Waals surface area (Å²) in [6.45, 7) is 4.73. The number of ether oxygens (including phenoxy) is 1. The van der Waals surface area contributed by atoms with Crippen LogP contribution in [0, 0.1) is 0 Å². The Balaban J connectivity index is 1.52. The summed E-state index contributed by atoms with van der Waals surface area (Å²) in [7, 11) is 0. The molecular formula is C20H25N3O4. The molecule has 2 aromatic carbocycles. The van der Waals surface area contributed by atoms with E-state index in [-0.39, 0.29) is 6.09 Å². The first-order chi connectivity index (χ1) is 13.1. The molecule has 1 aliphatic heterocycles. The molecule has 7 heteroatoms. The zero-order valence-corrected chi connectivity index (χ0v) is 15.6. The van der Waals surface area contributed by atoms with Gasteiger partial charge < -0.3 is 19.9 Å². The summed E-state index contributed by atoms with van der Waals surface area (Å²) in [5.41, 5.74) is 1.24. The fourth-order valence-electron chi connectivity index (χ4n) is 3.32. The molecule has 1 amide bonds. The number of aryl methyl sites for hydroxylation is 1. The molecule has 0 aromatic heterocycles. The van der Waals surface area contributed by atoms with Crippen molar-refractivity contribution >= 4 is 17.5 Å². The molecule has 0 radical (unpaired) electrons. The average Bonchev–Trinajstić information content (AvgIpc) is 2.71. The van der Waals surface area contributed by atoms with Gasteiger partial charge in [-0.3, -0.25) is 9.59 Å². The number of benzene rings is 1. The molecule has 1 N–H and O–H groups in total. The maximum Gasteiger partial charge on any atom is 0.409 e. The lowest BCUT2D eigenvalue weighted by atomic mass is 10.1. The molecule has 0 spiro atoms. The van der Waals surface area contributed by atoms with E-state index in [1.54, 1.807) is 11.8 Å². The first kappa shape index (κ1) is 18.9. The summed E-state index contributed by atoms with van der Waals surface area (Å²) in [5, 5.41) is 3.13. The third kappa shape index (κ3) is 4.30. The number of amides is 1. The molecular weight excluding hydrogens is 346 g/mol. The Morgan fingerprint density at radius 3 is 2.44 bits per heavy atom. The number of hydrogen-bond donors (Lipinski definition) is 1. The first-order valence-corrected chi connectivity index (χ1v) is 9.39. The highest BCUT2D eigenvalue weighted by Gasteiger charge is 2.29. The Morgan fingerprint density at radius 1 is 1.07 bits per heavy atom. The van der Waals surface area contributed by atoms with Crippen molar-refractivity contribution < 1.29 is 9.53 Å². The van der Waals surface area contributed by atoms with Crippen molar-refractivity contribution in [2.75, 3.05) is 49.5 Å². The van der Waals surface area contributed by atoms with Gasteiger partial charge in [-0.15, -0.1) is 0 Å². The molecule has 1 aliphatic rings. The second kappa shape index (κ2) is 8.70. The zero-order valence-electron chi connectivity index (χ0n) is 15.6. The van der Waals surface area contributed by atoms with Gasteiger partial charge in [-0.05, 0) is 25.3 Å². The van der Waals surface area contributed by atoms with Crippen LogP contribution in [-0.4, -0.2) is 50.3 Å². The van der Waals surface area contributed by atoms with Crippen molar-refractivity contribution in [1.82, 2.24) is 4.90 Å². The third-order valence-corrected chi connectivity index (χ3v) is 4.79. The number of hydrogen-bond acceptors (Lipinski definition) is 6. The highest BCUT2D eigenvalue weighted by Crippen LogP contribution is 2.22. The Kier molecular flexibility index (Phi) is 6.11. The predicted octanol–water partition coefficient (Wildman–Crippen LogP) is 1.61. The smallest absolute Gasteiger partial charge is 0.409 e. The van der Waals surface area contributed by atoms with Gasteiger partial charge in [0.1, 0.15) is 11.4 Å². The maximum atomic E-state index is 12.0. The van der Waals surface area contributed by atoms with Crippen molar-refractivity contribution in [3.05, 3.63) is 56.3 Å². The van der Waals surface area contributed by atoms with Gasteiger partial charge in [0.2, 0.25) is 0 Å². The maximum absolute atomic E-state index is 12.0. The highest BCUT2D eigenvalue weighted by atomic mass is 16.6. The van der Waals surface area contributed by atoms with Crippen molar-refractivity contribution in [3.8, 4) is 0 Å². The van der Waals surface area contributed by atoms with Crippen LogP contribution in [0.25, 0.3) is 0 Å². The van der Waals surface area contributed by atoms with Gasteiger partial charge in [-0.2, -0.15) is 0 Å². The summed E-state index contributed by atoms with van der Waals surface area (Å²) in [6, 6.07) is 10.2. The molecule has 2 aromatic rings.